The van der Waals surface area contributed by atoms with Crippen molar-refractivity contribution < 1.29 is 0 Å². The first kappa shape index (κ1) is 14.4. The summed E-state index contributed by atoms with van der Waals surface area (Å²) in [5.74, 6) is 0.609. The Morgan fingerprint density at radius 3 is 1.95 bits per heavy atom. The first-order valence-electron chi connectivity index (χ1n) is 6.85. The van der Waals surface area contributed by atoms with Crippen LogP contribution in [-0.4, -0.2) is 20.2 Å². The number of benzene rings is 1. The third-order valence-electron chi connectivity index (χ3n) is 2.90. The van der Waals surface area contributed by atoms with Crippen LogP contribution < -0.4 is 10.6 Å². The first-order valence-corrected chi connectivity index (χ1v) is 7.67. The topological polar surface area (TPSA) is 75.6 Å². The van der Waals surface area contributed by atoms with E-state index in [1.54, 1.807) is 0 Å². The molecule has 0 atom stereocenters. The highest BCUT2D eigenvalue weighted by atomic mass is 32.1. The second-order valence-electron chi connectivity index (χ2n) is 4.93. The number of hydrogen-bond acceptors (Lipinski definition) is 7. The zero-order chi connectivity index (χ0) is 15.5. The van der Waals surface area contributed by atoms with Crippen molar-refractivity contribution in [2.24, 2.45) is 0 Å². The summed E-state index contributed by atoms with van der Waals surface area (Å²) in [6.45, 7) is 5.84. The third-order valence-corrected chi connectivity index (χ3v) is 3.65. The first-order chi connectivity index (χ1) is 10.6. The Balaban J connectivity index is 1.71. The Hall–Kier alpha value is -2.54. The zero-order valence-electron chi connectivity index (χ0n) is 12.6. The molecule has 22 heavy (non-hydrogen) atoms. The molecule has 6 nitrogen and oxygen atoms in total. The van der Waals surface area contributed by atoms with Gasteiger partial charge in [0.15, 0.2) is 0 Å². The molecule has 0 amide bonds. The fourth-order valence-corrected chi connectivity index (χ4v) is 2.63. The van der Waals surface area contributed by atoms with Gasteiger partial charge in [0.1, 0.15) is 5.01 Å². The minimum Gasteiger partial charge on any atom is -0.330 e. The number of aromatic nitrogens is 4. The maximum atomic E-state index is 4.37. The van der Waals surface area contributed by atoms with Gasteiger partial charge in [-0.15, -0.1) is 10.2 Å². The molecule has 0 saturated heterocycles. The van der Waals surface area contributed by atoms with E-state index in [1.165, 1.54) is 11.3 Å². The van der Waals surface area contributed by atoms with Crippen molar-refractivity contribution in [1.29, 1.82) is 0 Å². The van der Waals surface area contributed by atoms with E-state index >= 15 is 0 Å². The lowest BCUT2D eigenvalue weighted by Crippen LogP contribution is -2.00. The van der Waals surface area contributed by atoms with E-state index in [4.69, 9.17) is 0 Å². The van der Waals surface area contributed by atoms with Crippen molar-refractivity contribution in [3.8, 4) is 0 Å². The summed E-state index contributed by atoms with van der Waals surface area (Å²) >= 11 is 1.52. The molecule has 2 heterocycles. The number of aryl methyl sites for hydroxylation is 3. The molecule has 112 valence electrons. The second-order valence-corrected chi connectivity index (χ2v) is 6.11. The SMILES string of the molecule is Cc1cc(C)nc(Nc2ccc(Nc3nnc(C)s3)cc2)n1. The Morgan fingerprint density at radius 1 is 0.818 bits per heavy atom. The van der Waals surface area contributed by atoms with Crippen molar-refractivity contribution in [2.45, 2.75) is 20.8 Å². The summed E-state index contributed by atoms with van der Waals surface area (Å²) in [5, 5.41) is 16.2. The number of nitrogens with zero attached hydrogens (tertiary/aromatic N) is 4. The van der Waals surface area contributed by atoms with E-state index < -0.39 is 0 Å². The van der Waals surface area contributed by atoms with E-state index in [0.29, 0.717) is 5.95 Å². The summed E-state index contributed by atoms with van der Waals surface area (Å²) < 4.78 is 0. The molecule has 0 radical (unpaired) electrons. The van der Waals surface area contributed by atoms with Crippen LogP contribution in [0, 0.1) is 20.8 Å². The van der Waals surface area contributed by atoms with Gasteiger partial charge < -0.3 is 10.6 Å². The van der Waals surface area contributed by atoms with Crippen molar-refractivity contribution in [2.75, 3.05) is 10.6 Å². The molecule has 0 aliphatic carbocycles. The van der Waals surface area contributed by atoms with Crippen LogP contribution >= 0.6 is 11.3 Å². The summed E-state index contributed by atoms with van der Waals surface area (Å²) in [5.41, 5.74) is 3.78. The van der Waals surface area contributed by atoms with E-state index in [0.717, 1.165) is 32.9 Å². The molecule has 3 rings (SSSR count). The highest BCUT2D eigenvalue weighted by Gasteiger charge is 2.03. The minimum atomic E-state index is 0.609. The van der Waals surface area contributed by atoms with Crippen molar-refractivity contribution >= 4 is 33.8 Å². The molecule has 0 unspecified atom stereocenters. The Bertz CT molecular complexity index is 761. The molecular weight excluding hydrogens is 296 g/mol. The molecule has 0 fully saturated rings. The minimum absolute atomic E-state index is 0.609. The summed E-state index contributed by atoms with van der Waals surface area (Å²) in [6.07, 6.45) is 0. The highest BCUT2D eigenvalue weighted by molar-refractivity contribution is 7.15. The lowest BCUT2D eigenvalue weighted by atomic mass is 10.3. The third kappa shape index (κ3) is 3.56. The Labute approximate surface area is 132 Å². The van der Waals surface area contributed by atoms with Gasteiger partial charge in [0, 0.05) is 22.8 Å². The normalized spacial score (nSPS) is 10.5. The molecular formula is C15H16N6S. The molecule has 0 saturated carbocycles. The average Bonchev–Trinajstić information content (AvgIpc) is 2.85. The molecule has 3 aromatic rings. The van der Waals surface area contributed by atoms with Gasteiger partial charge in [0.25, 0.3) is 0 Å². The van der Waals surface area contributed by atoms with Gasteiger partial charge >= 0.3 is 0 Å². The molecule has 0 aliphatic rings. The van der Waals surface area contributed by atoms with Gasteiger partial charge in [0.2, 0.25) is 11.1 Å². The molecule has 7 heteroatoms. The van der Waals surface area contributed by atoms with Crippen LogP contribution in [0.2, 0.25) is 0 Å². The van der Waals surface area contributed by atoms with E-state index in [2.05, 4.69) is 30.8 Å². The summed E-state index contributed by atoms with van der Waals surface area (Å²) in [7, 11) is 0. The molecule has 1 aromatic carbocycles. The summed E-state index contributed by atoms with van der Waals surface area (Å²) in [4.78, 5) is 8.74. The predicted molar refractivity (Wildman–Crippen MR) is 89.2 cm³/mol. The van der Waals surface area contributed by atoms with Gasteiger partial charge in [-0.3, -0.25) is 0 Å². The standard InChI is InChI=1S/C15H16N6S/c1-9-8-10(2)17-14(16-9)18-12-4-6-13(7-5-12)19-15-21-20-11(3)22-15/h4-8H,1-3H3,(H,19,21)(H,16,17,18). The van der Waals surface area contributed by atoms with Gasteiger partial charge in [-0.2, -0.15) is 0 Å². The predicted octanol–water partition coefficient (Wildman–Crippen LogP) is 3.74. The fraction of sp³-hybridized carbons (Fsp3) is 0.200. The van der Waals surface area contributed by atoms with E-state index in [9.17, 15) is 0 Å². The number of anilines is 4. The second kappa shape index (κ2) is 6.07. The van der Waals surface area contributed by atoms with Crippen LogP contribution in [0.4, 0.5) is 22.5 Å². The Morgan fingerprint density at radius 2 is 1.41 bits per heavy atom. The molecule has 2 N–H and O–H groups in total. The fourth-order valence-electron chi connectivity index (χ4n) is 2.02. The van der Waals surface area contributed by atoms with E-state index in [1.807, 2.05) is 51.1 Å². The smallest absolute Gasteiger partial charge is 0.227 e. The van der Waals surface area contributed by atoms with Crippen LogP contribution in [0.5, 0.6) is 0 Å². The molecule has 0 spiro atoms. The van der Waals surface area contributed by atoms with Crippen LogP contribution in [0.1, 0.15) is 16.4 Å². The van der Waals surface area contributed by atoms with Gasteiger partial charge in [0.05, 0.1) is 0 Å². The molecule has 0 aliphatic heterocycles. The average molecular weight is 312 g/mol. The maximum Gasteiger partial charge on any atom is 0.227 e. The Kier molecular flexibility index (Phi) is 3.97. The molecule has 2 aromatic heterocycles. The lowest BCUT2D eigenvalue weighted by molar-refractivity contribution is 1.05. The molecule has 0 bridgehead atoms. The van der Waals surface area contributed by atoms with E-state index in [-0.39, 0.29) is 0 Å². The number of rotatable bonds is 4. The largest absolute Gasteiger partial charge is 0.330 e. The maximum absolute atomic E-state index is 4.37. The van der Waals surface area contributed by atoms with Crippen LogP contribution in [-0.2, 0) is 0 Å². The number of nitrogens with one attached hydrogen (secondary N) is 2. The van der Waals surface area contributed by atoms with Gasteiger partial charge in [-0.25, -0.2) is 9.97 Å². The number of hydrogen-bond donors (Lipinski definition) is 2. The lowest BCUT2D eigenvalue weighted by Gasteiger charge is -2.08. The van der Waals surface area contributed by atoms with Crippen LogP contribution in [0.25, 0.3) is 0 Å². The van der Waals surface area contributed by atoms with Crippen LogP contribution in [0.3, 0.4) is 0 Å². The van der Waals surface area contributed by atoms with Crippen LogP contribution in [0.15, 0.2) is 30.3 Å². The van der Waals surface area contributed by atoms with Crippen molar-refractivity contribution in [3.63, 3.8) is 0 Å². The van der Waals surface area contributed by atoms with Gasteiger partial charge in [-0.05, 0) is 51.1 Å². The monoisotopic (exact) mass is 312 g/mol. The zero-order valence-corrected chi connectivity index (χ0v) is 13.4. The van der Waals surface area contributed by atoms with Crippen molar-refractivity contribution in [1.82, 2.24) is 20.2 Å². The van der Waals surface area contributed by atoms with Gasteiger partial charge in [-0.1, -0.05) is 11.3 Å². The quantitative estimate of drug-likeness (QED) is 0.764. The summed E-state index contributed by atoms with van der Waals surface area (Å²) in [6, 6.07) is 9.83. The van der Waals surface area contributed by atoms with Crippen molar-refractivity contribution in [3.05, 3.63) is 46.7 Å². The highest BCUT2D eigenvalue weighted by Crippen LogP contribution is 2.22.